The summed E-state index contributed by atoms with van der Waals surface area (Å²) in [7, 11) is 4.44. The summed E-state index contributed by atoms with van der Waals surface area (Å²) in [5.41, 5.74) is 0. The van der Waals surface area contributed by atoms with Gasteiger partial charge in [-0.15, -0.1) is 0 Å². The minimum atomic E-state index is 0.706. The molecule has 0 radical (unpaired) electrons. The molecule has 1 fully saturated rings. The maximum absolute atomic E-state index is 2.48. The van der Waals surface area contributed by atoms with Crippen molar-refractivity contribution in [3.05, 3.63) is 0 Å². The number of hydrogen-bond donors (Lipinski definition) is 0. The summed E-state index contributed by atoms with van der Waals surface area (Å²) in [4.78, 5) is 4.90. The first kappa shape index (κ1) is 9.01. The van der Waals surface area contributed by atoms with Gasteiger partial charge >= 0.3 is 0 Å². The fraction of sp³-hybridized carbons (Fsp3) is 1.00. The lowest BCUT2D eigenvalue weighted by Crippen LogP contribution is -2.38. The Hall–Kier alpha value is -0.0800. The van der Waals surface area contributed by atoms with Gasteiger partial charge in [0.25, 0.3) is 0 Å². The molecule has 2 atom stereocenters. The van der Waals surface area contributed by atoms with Gasteiger partial charge in [-0.2, -0.15) is 0 Å². The quantitative estimate of drug-likeness (QED) is 0.517. The number of hydrogen-bond acceptors (Lipinski definition) is 2. The van der Waals surface area contributed by atoms with E-state index in [0.717, 1.165) is 6.04 Å². The van der Waals surface area contributed by atoms with E-state index in [1.807, 2.05) is 0 Å². The summed E-state index contributed by atoms with van der Waals surface area (Å²) in [5.74, 6) is 0. The zero-order chi connectivity index (χ0) is 8.43. The lowest BCUT2D eigenvalue weighted by atomic mass is 10.2. The van der Waals surface area contributed by atoms with Gasteiger partial charge in [0.2, 0.25) is 0 Å². The predicted octanol–water partition coefficient (Wildman–Crippen LogP) is 1.03. The van der Waals surface area contributed by atoms with Crippen LogP contribution in [0.4, 0.5) is 0 Å². The van der Waals surface area contributed by atoms with Crippen LogP contribution >= 0.6 is 0 Å². The van der Waals surface area contributed by atoms with E-state index in [2.05, 4.69) is 37.7 Å². The Morgan fingerprint density at radius 2 is 1.73 bits per heavy atom. The van der Waals surface area contributed by atoms with Crippen LogP contribution in [0.25, 0.3) is 0 Å². The Labute approximate surface area is 70.2 Å². The molecule has 1 aliphatic rings. The molecule has 0 saturated carbocycles. The average molecular weight is 156 g/mol. The molecule has 0 aromatic carbocycles. The average Bonchev–Trinajstić information content (AvgIpc) is 2.05. The van der Waals surface area contributed by atoms with Crippen molar-refractivity contribution < 1.29 is 0 Å². The molecule has 2 nitrogen and oxygen atoms in total. The van der Waals surface area contributed by atoms with Gasteiger partial charge < -0.3 is 4.90 Å². The molecule has 1 saturated heterocycles. The van der Waals surface area contributed by atoms with Crippen LogP contribution in [0, 0.1) is 0 Å². The van der Waals surface area contributed by atoms with Gasteiger partial charge in [0.15, 0.2) is 0 Å². The summed E-state index contributed by atoms with van der Waals surface area (Å²) in [6.07, 6.45) is 1.30. The van der Waals surface area contributed by atoms with E-state index in [1.54, 1.807) is 0 Å². The molecule has 0 bridgehead atoms. The summed E-state index contributed by atoms with van der Waals surface area (Å²) in [5, 5.41) is 0. The molecule has 1 aliphatic heterocycles. The molecular formula is C9H20N2. The van der Waals surface area contributed by atoms with E-state index in [4.69, 9.17) is 0 Å². The van der Waals surface area contributed by atoms with Crippen LogP contribution < -0.4 is 0 Å². The SMILES string of the molecule is CC1CCN(C)CC(C)N1C. The van der Waals surface area contributed by atoms with Gasteiger partial charge in [0.1, 0.15) is 0 Å². The lowest BCUT2D eigenvalue weighted by molar-refractivity contribution is 0.196. The Bertz CT molecular complexity index is 125. The smallest absolute Gasteiger partial charge is 0.0194 e. The van der Waals surface area contributed by atoms with E-state index < -0.39 is 0 Å². The maximum atomic E-state index is 2.48. The Balaban J connectivity index is 2.53. The Kier molecular flexibility index (Phi) is 2.90. The predicted molar refractivity (Wildman–Crippen MR) is 48.8 cm³/mol. The molecule has 0 amide bonds. The molecule has 2 unspecified atom stereocenters. The molecule has 11 heavy (non-hydrogen) atoms. The van der Waals surface area contributed by atoms with Crippen molar-refractivity contribution in [2.75, 3.05) is 27.2 Å². The second-order valence-electron chi connectivity index (χ2n) is 3.91. The van der Waals surface area contributed by atoms with Gasteiger partial charge in [-0.1, -0.05) is 0 Å². The molecule has 0 aromatic heterocycles. The highest BCUT2D eigenvalue weighted by Gasteiger charge is 2.20. The second kappa shape index (κ2) is 3.55. The number of rotatable bonds is 0. The molecular weight excluding hydrogens is 136 g/mol. The van der Waals surface area contributed by atoms with Crippen molar-refractivity contribution in [2.45, 2.75) is 32.4 Å². The van der Waals surface area contributed by atoms with E-state index in [1.165, 1.54) is 19.5 Å². The first-order valence-electron chi connectivity index (χ1n) is 4.51. The van der Waals surface area contributed by atoms with E-state index in [0.29, 0.717) is 6.04 Å². The van der Waals surface area contributed by atoms with Gasteiger partial charge in [0, 0.05) is 18.6 Å². The van der Waals surface area contributed by atoms with Crippen LogP contribution in [-0.4, -0.2) is 49.1 Å². The monoisotopic (exact) mass is 156 g/mol. The van der Waals surface area contributed by atoms with E-state index in [9.17, 15) is 0 Å². The van der Waals surface area contributed by atoms with Crippen LogP contribution in [0.5, 0.6) is 0 Å². The molecule has 0 aromatic rings. The Morgan fingerprint density at radius 1 is 1.09 bits per heavy atom. The molecule has 2 heteroatoms. The zero-order valence-electron chi connectivity index (χ0n) is 8.17. The standard InChI is InChI=1S/C9H20N2/c1-8-5-6-10(3)7-9(2)11(8)4/h8-9H,5-7H2,1-4H3. The van der Waals surface area contributed by atoms with E-state index in [-0.39, 0.29) is 0 Å². The van der Waals surface area contributed by atoms with Crippen molar-refractivity contribution in [2.24, 2.45) is 0 Å². The van der Waals surface area contributed by atoms with Crippen molar-refractivity contribution >= 4 is 0 Å². The van der Waals surface area contributed by atoms with Crippen molar-refractivity contribution in [3.63, 3.8) is 0 Å². The molecule has 0 N–H and O–H groups in total. The molecule has 1 heterocycles. The lowest BCUT2D eigenvalue weighted by Gasteiger charge is -2.27. The summed E-state index contributed by atoms with van der Waals surface area (Å²) in [6, 6.07) is 1.45. The van der Waals surface area contributed by atoms with Crippen LogP contribution in [0.15, 0.2) is 0 Å². The first-order chi connectivity index (χ1) is 5.11. The topological polar surface area (TPSA) is 6.48 Å². The normalized spacial score (nSPS) is 37.1. The van der Waals surface area contributed by atoms with Crippen LogP contribution in [0.3, 0.4) is 0 Å². The molecule has 1 rings (SSSR count). The van der Waals surface area contributed by atoms with Crippen molar-refractivity contribution in [3.8, 4) is 0 Å². The first-order valence-corrected chi connectivity index (χ1v) is 4.51. The fourth-order valence-corrected chi connectivity index (χ4v) is 1.72. The minimum Gasteiger partial charge on any atom is -0.305 e. The second-order valence-corrected chi connectivity index (χ2v) is 3.91. The maximum Gasteiger partial charge on any atom is 0.0194 e. The van der Waals surface area contributed by atoms with E-state index >= 15 is 0 Å². The molecule has 66 valence electrons. The largest absolute Gasteiger partial charge is 0.305 e. The summed E-state index contributed by atoms with van der Waals surface area (Å²) >= 11 is 0. The fourth-order valence-electron chi connectivity index (χ4n) is 1.72. The highest BCUT2D eigenvalue weighted by atomic mass is 15.2. The van der Waals surface area contributed by atoms with Crippen molar-refractivity contribution in [1.29, 1.82) is 0 Å². The Morgan fingerprint density at radius 3 is 2.36 bits per heavy atom. The minimum absolute atomic E-state index is 0.706. The zero-order valence-corrected chi connectivity index (χ0v) is 8.17. The number of likely N-dealkylation sites (N-methyl/N-ethyl adjacent to an activating group) is 2. The van der Waals surface area contributed by atoms with Crippen molar-refractivity contribution in [1.82, 2.24) is 9.80 Å². The number of nitrogens with zero attached hydrogens (tertiary/aromatic N) is 2. The van der Waals surface area contributed by atoms with Crippen LogP contribution in [0.2, 0.25) is 0 Å². The van der Waals surface area contributed by atoms with Gasteiger partial charge in [-0.3, -0.25) is 4.90 Å². The third kappa shape index (κ3) is 2.17. The summed E-state index contributed by atoms with van der Waals surface area (Å²) in [6.45, 7) is 7.07. The third-order valence-electron chi connectivity index (χ3n) is 2.89. The van der Waals surface area contributed by atoms with Crippen LogP contribution in [0.1, 0.15) is 20.3 Å². The van der Waals surface area contributed by atoms with Crippen LogP contribution in [-0.2, 0) is 0 Å². The highest BCUT2D eigenvalue weighted by molar-refractivity contribution is 4.77. The van der Waals surface area contributed by atoms with Gasteiger partial charge in [0.05, 0.1) is 0 Å². The molecule has 0 spiro atoms. The molecule has 0 aliphatic carbocycles. The van der Waals surface area contributed by atoms with Gasteiger partial charge in [-0.05, 0) is 40.9 Å². The highest BCUT2D eigenvalue weighted by Crippen LogP contribution is 2.11. The summed E-state index contributed by atoms with van der Waals surface area (Å²) < 4.78 is 0. The van der Waals surface area contributed by atoms with Gasteiger partial charge in [-0.25, -0.2) is 0 Å². The third-order valence-corrected chi connectivity index (χ3v) is 2.89.